The van der Waals surface area contributed by atoms with Gasteiger partial charge in [-0.05, 0) is 50.1 Å². The van der Waals surface area contributed by atoms with Crippen LogP contribution >= 0.6 is 0 Å². The van der Waals surface area contributed by atoms with Crippen LogP contribution in [0.25, 0.3) is 10.9 Å². The number of fused-ring (bicyclic) bond motifs is 2. The molecule has 110 valence electrons. The van der Waals surface area contributed by atoms with Crippen molar-refractivity contribution >= 4 is 22.3 Å². The second kappa shape index (κ2) is 5.19. The van der Waals surface area contributed by atoms with Crippen LogP contribution in [0.5, 0.6) is 0 Å². The van der Waals surface area contributed by atoms with Crippen molar-refractivity contribution in [3.63, 3.8) is 0 Å². The van der Waals surface area contributed by atoms with E-state index in [1.165, 1.54) is 38.0 Å². The number of anilines is 2. The number of aromatic nitrogens is 1. The fourth-order valence-electron chi connectivity index (χ4n) is 3.86. The molecule has 4 rings (SSSR count). The summed E-state index contributed by atoms with van der Waals surface area (Å²) in [7, 11) is 0. The average Bonchev–Trinajstić information content (AvgIpc) is 2.85. The van der Waals surface area contributed by atoms with E-state index in [-0.39, 0.29) is 0 Å². The zero-order chi connectivity index (χ0) is 14.2. The third kappa shape index (κ3) is 2.23. The molecule has 1 atom stereocenters. The number of nitrogen functional groups attached to an aromatic ring is 1. The predicted molar refractivity (Wildman–Crippen MR) is 87.6 cm³/mol. The maximum absolute atomic E-state index is 6.10. The molecular weight excluding hydrogens is 260 g/mol. The highest BCUT2D eigenvalue weighted by atomic mass is 15.3. The Morgan fingerprint density at radius 2 is 2.00 bits per heavy atom. The molecule has 2 saturated heterocycles. The second-order valence-corrected chi connectivity index (χ2v) is 6.21. The largest absolute Gasteiger partial charge is 0.398 e. The quantitative estimate of drug-likeness (QED) is 0.816. The summed E-state index contributed by atoms with van der Waals surface area (Å²) >= 11 is 0. The van der Waals surface area contributed by atoms with E-state index in [4.69, 9.17) is 5.73 Å². The van der Waals surface area contributed by atoms with Gasteiger partial charge in [-0.3, -0.25) is 9.88 Å². The van der Waals surface area contributed by atoms with Crippen LogP contribution in [-0.4, -0.2) is 42.1 Å². The molecule has 4 heteroatoms. The van der Waals surface area contributed by atoms with Gasteiger partial charge in [0.15, 0.2) is 0 Å². The van der Waals surface area contributed by atoms with Crippen LogP contribution in [0, 0.1) is 0 Å². The lowest BCUT2D eigenvalue weighted by atomic mass is 10.1. The highest BCUT2D eigenvalue weighted by Gasteiger charge is 2.29. The van der Waals surface area contributed by atoms with E-state index in [0.717, 1.165) is 29.7 Å². The van der Waals surface area contributed by atoms with Crippen LogP contribution in [0.3, 0.4) is 0 Å². The summed E-state index contributed by atoms with van der Waals surface area (Å²) in [4.78, 5) is 9.78. The summed E-state index contributed by atoms with van der Waals surface area (Å²) in [5.74, 6) is 0. The van der Waals surface area contributed by atoms with E-state index >= 15 is 0 Å². The van der Waals surface area contributed by atoms with Crippen LogP contribution < -0.4 is 10.6 Å². The fourth-order valence-corrected chi connectivity index (χ4v) is 3.86. The van der Waals surface area contributed by atoms with Crippen molar-refractivity contribution in [3.8, 4) is 0 Å². The fraction of sp³-hybridized carbons (Fsp3) is 0.471. The Labute approximate surface area is 125 Å². The molecule has 0 spiro atoms. The first-order valence-corrected chi connectivity index (χ1v) is 7.95. The van der Waals surface area contributed by atoms with Crippen molar-refractivity contribution in [1.82, 2.24) is 9.88 Å². The van der Waals surface area contributed by atoms with Gasteiger partial charge in [-0.1, -0.05) is 0 Å². The Morgan fingerprint density at radius 1 is 1.10 bits per heavy atom. The highest BCUT2D eigenvalue weighted by molar-refractivity contribution is 5.98. The number of rotatable bonds is 1. The van der Waals surface area contributed by atoms with Gasteiger partial charge in [-0.25, -0.2) is 0 Å². The molecule has 2 aromatic rings. The first kappa shape index (κ1) is 12.9. The molecule has 0 radical (unpaired) electrons. The highest BCUT2D eigenvalue weighted by Crippen LogP contribution is 2.31. The Hall–Kier alpha value is -1.81. The number of benzene rings is 1. The summed E-state index contributed by atoms with van der Waals surface area (Å²) in [6.45, 7) is 4.75. The molecule has 3 heterocycles. The first-order valence-electron chi connectivity index (χ1n) is 7.95. The Morgan fingerprint density at radius 3 is 2.95 bits per heavy atom. The molecule has 2 N–H and O–H groups in total. The van der Waals surface area contributed by atoms with Gasteiger partial charge in [-0.2, -0.15) is 0 Å². The van der Waals surface area contributed by atoms with Crippen LogP contribution in [0.2, 0.25) is 0 Å². The molecule has 0 bridgehead atoms. The van der Waals surface area contributed by atoms with E-state index in [1.54, 1.807) is 0 Å². The average molecular weight is 282 g/mol. The van der Waals surface area contributed by atoms with E-state index in [2.05, 4.69) is 26.9 Å². The van der Waals surface area contributed by atoms with Crippen LogP contribution in [0.4, 0.5) is 11.4 Å². The number of nitrogens with zero attached hydrogens (tertiary/aromatic N) is 3. The van der Waals surface area contributed by atoms with Crippen molar-refractivity contribution in [1.29, 1.82) is 0 Å². The Kier molecular flexibility index (Phi) is 3.19. The molecule has 2 aliphatic heterocycles. The lowest BCUT2D eigenvalue weighted by molar-refractivity contribution is 0.273. The maximum Gasteiger partial charge on any atom is 0.0955 e. The van der Waals surface area contributed by atoms with Crippen molar-refractivity contribution in [3.05, 3.63) is 30.5 Å². The second-order valence-electron chi connectivity index (χ2n) is 6.21. The minimum Gasteiger partial charge on any atom is -0.398 e. The van der Waals surface area contributed by atoms with Gasteiger partial charge in [0.25, 0.3) is 0 Å². The van der Waals surface area contributed by atoms with E-state index in [1.807, 2.05) is 18.3 Å². The van der Waals surface area contributed by atoms with Crippen LogP contribution in [-0.2, 0) is 0 Å². The van der Waals surface area contributed by atoms with E-state index in [0.29, 0.717) is 6.04 Å². The number of hydrogen-bond donors (Lipinski definition) is 1. The van der Waals surface area contributed by atoms with E-state index in [9.17, 15) is 0 Å². The molecular formula is C17H22N4. The van der Waals surface area contributed by atoms with Gasteiger partial charge in [-0.15, -0.1) is 0 Å². The summed E-state index contributed by atoms with van der Waals surface area (Å²) in [6, 6.07) is 8.92. The molecule has 0 saturated carbocycles. The van der Waals surface area contributed by atoms with Crippen molar-refractivity contribution in [2.45, 2.75) is 25.3 Å². The van der Waals surface area contributed by atoms with Crippen molar-refractivity contribution in [2.24, 2.45) is 0 Å². The number of pyridine rings is 1. The molecule has 1 aromatic carbocycles. The summed E-state index contributed by atoms with van der Waals surface area (Å²) < 4.78 is 0. The number of hydrogen-bond acceptors (Lipinski definition) is 4. The van der Waals surface area contributed by atoms with E-state index < -0.39 is 0 Å². The summed E-state index contributed by atoms with van der Waals surface area (Å²) in [5, 5.41) is 1.07. The third-order valence-electron chi connectivity index (χ3n) is 4.93. The van der Waals surface area contributed by atoms with Gasteiger partial charge in [0, 0.05) is 42.9 Å². The standard InChI is InChI=1S/C17H22N4/c18-15-6-7-16(17-14(15)5-1-8-19-17)21-11-3-10-20-9-2-4-13(20)12-21/h1,5-8,13H,2-4,9-12,18H2. The Bertz CT molecular complexity index is 654. The molecule has 2 aliphatic rings. The summed E-state index contributed by atoms with van der Waals surface area (Å²) in [6.07, 6.45) is 5.77. The van der Waals surface area contributed by atoms with Gasteiger partial charge in [0.1, 0.15) is 0 Å². The Balaban J connectivity index is 1.74. The summed E-state index contributed by atoms with van der Waals surface area (Å²) in [5.41, 5.74) is 9.21. The van der Waals surface area contributed by atoms with Crippen LogP contribution in [0.1, 0.15) is 19.3 Å². The lowest BCUT2D eigenvalue weighted by Crippen LogP contribution is -2.36. The predicted octanol–water partition coefficient (Wildman–Crippen LogP) is 2.49. The van der Waals surface area contributed by atoms with Gasteiger partial charge >= 0.3 is 0 Å². The smallest absolute Gasteiger partial charge is 0.0955 e. The number of nitrogens with two attached hydrogens (primary N) is 1. The minimum atomic E-state index is 0.712. The molecule has 0 aliphatic carbocycles. The molecule has 21 heavy (non-hydrogen) atoms. The molecule has 2 fully saturated rings. The monoisotopic (exact) mass is 282 g/mol. The van der Waals surface area contributed by atoms with Crippen molar-refractivity contribution in [2.75, 3.05) is 36.8 Å². The van der Waals surface area contributed by atoms with Gasteiger partial charge < -0.3 is 10.6 Å². The van der Waals surface area contributed by atoms with Gasteiger partial charge in [0.2, 0.25) is 0 Å². The lowest BCUT2D eigenvalue weighted by Gasteiger charge is -2.28. The first-order chi connectivity index (χ1) is 10.3. The third-order valence-corrected chi connectivity index (χ3v) is 4.93. The molecule has 1 unspecified atom stereocenters. The zero-order valence-electron chi connectivity index (χ0n) is 12.3. The normalized spacial score (nSPS) is 23.2. The molecule has 1 aromatic heterocycles. The minimum absolute atomic E-state index is 0.712. The van der Waals surface area contributed by atoms with Crippen molar-refractivity contribution < 1.29 is 0 Å². The molecule has 0 amide bonds. The van der Waals surface area contributed by atoms with Crippen LogP contribution in [0.15, 0.2) is 30.5 Å². The maximum atomic E-state index is 6.10. The topological polar surface area (TPSA) is 45.4 Å². The zero-order valence-corrected chi connectivity index (χ0v) is 12.3. The molecule has 4 nitrogen and oxygen atoms in total. The van der Waals surface area contributed by atoms with Gasteiger partial charge in [0.05, 0.1) is 11.2 Å². The SMILES string of the molecule is Nc1ccc(N2CCCN3CCCC3C2)c2ncccc12.